The highest BCUT2D eigenvalue weighted by Gasteiger charge is 1.99. The maximum Gasteiger partial charge on any atom is 0.186 e. The fraction of sp³-hybridized carbons (Fsp3) is 0.167. The molecule has 4 heteroatoms. The van der Waals surface area contributed by atoms with Crippen LogP contribution in [0.4, 0.5) is 4.39 Å². The summed E-state index contributed by atoms with van der Waals surface area (Å²) in [6.07, 6.45) is 4.05. The van der Waals surface area contributed by atoms with Crippen LogP contribution in [-0.4, -0.2) is 17.2 Å². The summed E-state index contributed by atoms with van der Waals surface area (Å²) in [5, 5.41) is 0.0273. The highest BCUT2D eigenvalue weighted by atomic mass is 32.2. The fourth-order valence-electron chi connectivity index (χ4n) is 1.14. The van der Waals surface area contributed by atoms with Crippen molar-refractivity contribution in [1.82, 2.24) is 0 Å². The smallest absolute Gasteiger partial charge is 0.186 e. The normalized spacial score (nSPS) is 10.6. The predicted octanol–water partition coefficient (Wildman–Crippen LogP) is 2.93. The Labute approximate surface area is 97.5 Å². The van der Waals surface area contributed by atoms with Gasteiger partial charge < -0.3 is 0 Å². The van der Waals surface area contributed by atoms with Crippen molar-refractivity contribution in [3.63, 3.8) is 0 Å². The highest BCUT2D eigenvalue weighted by molar-refractivity contribution is 8.13. The summed E-state index contributed by atoms with van der Waals surface area (Å²) >= 11 is 1.16. The second kappa shape index (κ2) is 6.23. The van der Waals surface area contributed by atoms with E-state index in [4.69, 9.17) is 0 Å². The molecule has 0 spiro atoms. The molecule has 0 aromatic heterocycles. The molecule has 0 saturated heterocycles. The van der Waals surface area contributed by atoms with Crippen LogP contribution in [0.5, 0.6) is 0 Å². The molecule has 0 heterocycles. The van der Waals surface area contributed by atoms with Crippen LogP contribution in [-0.2, 0) is 4.79 Å². The molecule has 2 nitrogen and oxygen atoms in total. The van der Waals surface area contributed by atoms with Gasteiger partial charge in [0.15, 0.2) is 11.4 Å². The van der Waals surface area contributed by atoms with E-state index >= 15 is 0 Å². The van der Waals surface area contributed by atoms with Crippen molar-refractivity contribution in [3.05, 3.63) is 41.2 Å². The predicted molar refractivity (Wildman–Crippen MR) is 64.0 cm³/mol. The third kappa shape index (κ3) is 3.98. The number of benzene rings is 1. The Morgan fingerprint density at radius 3 is 2.81 bits per heavy atom. The van der Waals surface area contributed by atoms with Crippen molar-refractivity contribution in [1.29, 1.82) is 0 Å². The molecule has 0 aliphatic heterocycles. The standard InChI is InChI=1S/C12H11FO2S/c1-9(15)16-6-2-3-10-7-12(13)5-4-11(10)8-14/h2-5,7-8H,6H2,1H3. The van der Waals surface area contributed by atoms with Crippen molar-refractivity contribution in [2.45, 2.75) is 6.92 Å². The third-order valence-corrected chi connectivity index (χ3v) is 2.62. The molecule has 0 aliphatic carbocycles. The van der Waals surface area contributed by atoms with E-state index in [0.29, 0.717) is 23.2 Å². The molecule has 0 amide bonds. The molecule has 0 bridgehead atoms. The van der Waals surface area contributed by atoms with E-state index in [1.807, 2.05) is 0 Å². The summed E-state index contributed by atoms with van der Waals surface area (Å²) in [4.78, 5) is 21.3. The number of thioether (sulfide) groups is 1. The van der Waals surface area contributed by atoms with E-state index in [9.17, 15) is 14.0 Å². The highest BCUT2D eigenvalue weighted by Crippen LogP contribution is 2.12. The Kier molecular flexibility index (Phi) is 4.92. The minimum atomic E-state index is -0.385. The zero-order valence-electron chi connectivity index (χ0n) is 8.77. The van der Waals surface area contributed by atoms with E-state index in [1.54, 1.807) is 12.2 Å². The Bertz CT molecular complexity index is 427. The lowest BCUT2D eigenvalue weighted by Gasteiger charge is -1.98. The number of carbonyl (C=O) groups excluding carboxylic acids is 2. The van der Waals surface area contributed by atoms with E-state index in [1.165, 1.54) is 25.1 Å². The summed E-state index contributed by atoms with van der Waals surface area (Å²) in [5.74, 6) is 0.133. The molecule has 1 aromatic rings. The summed E-state index contributed by atoms with van der Waals surface area (Å²) in [7, 11) is 0. The van der Waals surface area contributed by atoms with Gasteiger partial charge in [0, 0.05) is 18.2 Å². The van der Waals surface area contributed by atoms with E-state index in [-0.39, 0.29) is 10.9 Å². The summed E-state index contributed by atoms with van der Waals surface area (Å²) in [5.41, 5.74) is 0.963. The number of halogens is 1. The van der Waals surface area contributed by atoms with Gasteiger partial charge in [0.25, 0.3) is 0 Å². The van der Waals surface area contributed by atoms with Gasteiger partial charge in [-0.15, -0.1) is 0 Å². The van der Waals surface area contributed by atoms with Gasteiger partial charge in [-0.2, -0.15) is 0 Å². The zero-order valence-corrected chi connectivity index (χ0v) is 9.59. The Morgan fingerprint density at radius 2 is 2.19 bits per heavy atom. The van der Waals surface area contributed by atoms with Gasteiger partial charge in [-0.3, -0.25) is 9.59 Å². The molecule has 0 saturated carbocycles. The van der Waals surface area contributed by atoms with E-state index in [0.717, 1.165) is 11.8 Å². The number of hydrogen-bond donors (Lipinski definition) is 0. The molecule has 0 aliphatic rings. The maximum absolute atomic E-state index is 12.9. The number of aldehydes is 1. The van der Waals surface area contributed by atoms with Crippen molar-refractivity contribution in [2.75, 3.05) is 5.75 Å². The van der Waals surface area contributed by atoms with Crippen molar-refractivity contribution < 1.29 is 14.0 Å². The number of carbonyl (C=O) groups is 2. The molecule has 0 radical (unpaired) electrons. The summed E-state index contributed by atoms with van der Waals surface area (Å²) in [6, 6.07) is 3.96. The van der Waals surface area contributed by atoms with Crippen LogP contribution in [0.15, 0.2) is 24.3 Å². The largest absolute Gasteiger partial charge is 0.298 e. The van der Waals surface area contributed by atoms with Crippen molar-refractivity contribution >= 4 is 29.2 Å². The molecular weight excluding hydrogens is 227 g/mol. The molecule has 1 rings (SSSR count). The van der Waals surface area contributed by atoms with Gasteiger partial charge in [0.2, 0.25) is 0 Å². The van der Waals surface area contributed by atoms with Gasteiger partial charge >= 0.3 is 0 Å². The number of hydrogen-bond acceptors (Lipinski definition) is 3. The lowest BCUT2D eigenvalue weighted by Crippen LogP contribution is -1.88. The van der Waals surface area contributed by atoms with Crippen LogP contribution in [0.1, 0.15) is 22.8 Å². The van der Waals surface area contributed by atoms with Crippen LogP contribution in [0.25, 0.3) is 6.08 Å². The van der Waals surface area contributed by atoms with E-state index < -0.39 is 0 Å². The van der Waals surface area contributed by atoms with Crippen molar-refractivity contribution in [2.24, 2.45) is 0 Å². The first-order valence-corrected chi connectivity index (χ1v) is 5.66. The Balaban J connectivity index is 2.75. The summed E-state index contributed by atoms with van der Waals surface area (Å²) in [6.45, 7) is 1.48. The molecule has 0 N–H and O–H groups in total. The lowest BCUT2D eigenvalue weighted by molar-refractivity contribution is -0.109. The quantitative estimate of drug-likeness (QED) is 0.756. The molecule has 0 unspecified atom stereocenters. The molecular formula is C12H11FO2S. The topological polar surface area (TPSA) is 34.1 Å². The Hall–Kier alpha value is -1.42. The first-order chi connectivity index (χ1) is 7.63. The SMILES string of the molecule is CC(=O)SCC=Cc1cc(F)ccc1C=O. The van der Waals surface area contributed by atoms with Gasteiger partial charge in [-0.1, -0.05) is 23.9 Å². The Morgan fingerprint density at radius 1 is 1.44 bits per heavy atom. The monoisotopic (exact) mass is 238 g/mol. The molecule has 16 heavy (non-hydrogen) atoms. The van der Waals surface area contributed by atoms with Crippen LogP contribution in [0.3, 0.4) is 0 Å². The van der Waals surface area contributed by atoms with Gasteiger partial charge in [0.1, 0.15) is 5.82 Å². The molecule has 1 aromatic carbocycles. The van der Waals surface area contributed by atoms with E-state index in [2.05, 4.69) is 0 Å². The third-order valence-electron chi connectivity index (χ3n) is 1.86. The second-order valence-electron chi connectivity index (χ2n) is 3.10. The minimum absolute atomic E-state index is 0.0273. The van der Waals surface area contributed by atoms with Crippen LogP contribution < -0.4 is 0 Å². The number of rotatable bonds is 4. The van der Waals surface area contributed by atoms with Crippen LogP contribution in [0.2, 0.25) is 0 Å². The van der Waals surface area contributed by atoms with Crippen LogP contribution >= 0.6 is 11.8 Å². The van der Waals surface area contributed by atoms with Crippen LogP contribution in [0, 0.1) is 5.82 Å². The van der Waals surface area contributed by atoms with Gasteiger partial charge in [0.05, 0.1) is 0 Å². The molecule has 0 atom stereocenters. The maximum atomic E-state index is 12.9. The first kappa shape index (κ1) is 12.6. The lowest BCUT2D eigenvalue weighted by atomic mass is 10.1. The first-order valence-electron chi connectivity index (χ1n) is 4.68. The average molecular weight is 238 g/mol. The van der Waals surface area contributed by atoms with Crippen molar-refractivity contribution in [3.8, 4) is 0 Å². The average Bonchev–Trinajstić information content (AvgIpc) is 2.24. The van der Waals surface area contributed by atoms with Gasteiger partial charge in [-0.25, -0.2) is 4.39 Å². The summed E-state index contributed by atoms with van der Waals surface area (Å²) < 4.78 is 12.9. The zero-order chi connectivity index (χ0) is 12.0. The minimum Gasteiger partial charge on any atom is -0.298 e. The van der Waals surface area contributed by atoms with Gasteiger partial charge in [-0.05, 0) is 23.8 Å². The molecule has 84 valence electrons. The molecule has 0 fully saturated rings. The second-order valence-corrected chi connectivity index (χ2v) is 4.29. The fourth-order valence-corrected chi connectivity index (χ4v) is 1.56.